The zero-order valence-electron chi connectivity index (χ0n) is 13.7. The predicted molar refractivity (Wildman–Crippen MR) is 96.8 cm³/mol. The number of hydrogen-bond donors (Lipinski definition) is 1. The van der Waals surface area contributed by atoms with Crippen molar-refractivity contribution < 1.29 is 14.3 Å². The lowest BCUT2D eigenvalue weighted by Gasteiger charge is -2.24. The molecule has 0 radical (unpaired) electrons. The normalized spacial score (nSPS) is 12.0. The molecule has 7 heteroatoms. The van der Waals surface area contributed by atoms with Crippen LogP contribution in [0.2, 0.25) is 5.02 Å². The highest BCUT2D eigenvalue weighted by Gasteiger charge is 2.18. The van der Waals surface area contributed by atoms with Gasteiger partial charge in [-0.2, -0.15) is 0 Å². The molecule has 1 aromatic carbocycles. The highest BCUT2D eigenvalue weighted by Crippen LogP contribution is 2.24. The molecule has 1 heterocycles. The maximum Gasteiger partial charge on any atom is 0.350 e. The second-order valence-electron chi connectivity index (χ2n) is 5.35. The van der Waals surface area contributed by atoms with E-state index in [1.807, 2.05) is 43.1 Å². The Bertz CT molecular complexity index is 732. The van der Waals surface area contributed by atoms with Gasteiger partial charge in [-0.05, 0) is 43.1 Å². The number of anilines is 1. The number of methoxy groups -OCH3 is 1. The largest absolute Gasteiger partial charge is 0.465 e. The Labute approximate surface area is 150 Å². The topological polar surface area (TPSA) is 58.6 Å². The van der Waals surface area contributed by atoms with E-state index in [2.05, 4.69) is 5.32 Å². The summed E-state index contributed by atoms with van der Waals surface area (Å²) in [6.07, 6.45) is 0. The third-order valence-electron chi connectivity index (χ3n) is 3.70. The summed E-state index contributed by atoms with van der Waals surface area (Å²) in [5.41, 5.74) is 1.50. The summed E-state index contributed by atoms with van der Waals surface area (Å²) in [6, 6.07) is 9.27. The number of nitrogens with one attached hydrogen (secondary N) is 1. The number of hydrogen-bond acceptors (Lipinski definition) is 5. The molecule has 5 nitrogen and oxygen atoms in total. The van der Waals surface area contributed by atoms with Crippen molar-refractivity contribution in [1.29, 1.82) is 0 Å². The van der Waals surface area contributed by atoms with Crippen molar-refractivity contribution in [1.82, 2.24) is 4.90 Å². The first kappa shape index (κ1) is 18.4. The van der Waals surface area contributed by atoms with E-state index >= 15 is 0 Å². The second-order valence-corrected chi connectivity index (χ2v) is 6.70. The van der Waals surface area contributed by atoms with Crippen molar-refractivity contribution in [3.63, 3.8) is 0 Å². The first-order valence-corrected chi connectivity index (χ1v) is 8.59. The summed E-state index contributed by atoms with van der Waals surface area (Å²) in [5.74, 6) is -0.657. The molecule has 0 saturated carbocycles. The van der Waals surface area contributed by atoms with Gasteiger partial charge in [-0.1, -0.05) is 23.7 Å². The lowest BCUT2D eigenvalue weighted by atomic mass is 10.1. The minimum atomic E-state index is -0.457. The van der Waals surface area contributed by atoms with Gasteiger partial charge >= 0.3 is 5.97 Å². The third-order valence-corrected chi connectivity index (χ3v) is 4.82. The van der Waals surface area contributed by atoms with Crippen molar-refractivity contribution in [3.8, 4) is 0 Å². The number of rotatable bonds is 6. The summed E-state index contributed by atoms with van der Waals surface area (Å²) in [5, 5.41) is 5.16. The number of carbonyl (C=O) groups excluding carboxylic acids is 2. The van der Waals surface area contributed by atoms with Gasteiger partial charge in [0.1, 0.15) is 4.88 Å². The van der Waals surface area contributed by atoms with E-state index in [1.165, 1.54) is 18.4 Å². The number of carbonyl (C=O) groups is 2. The van der Waals surface area contributed by atoms with Crippen LogP contribution in [0.5, 0.6) is 0 Å². The molecule has 0 spiro atoms. The minimum absolute atomic E-state index is 0.0250. The Morgan fingerprint density at radius 2 is 2.12 bits per heavy atom. The third kappa shape index (κ3) is 4.56. The Hall–Kier alpha value is -1.89. The Morgan fingerprint density at radius 1 is 1.38 bits per heavy atom. The molecule has 1 unspecified atom stereocenters. The molecule has 0 aliphatic carbocycles. The summed E-state index contributed by atoms with van der Waals surface area (Å²) < 4.78 is 4.70. The highest BCUT2D eigenvalue weighted by molar-refractivity contribution is 7.12. The zero-order valence-corrected chi connectivity index (χ0v) is 15.3. The maximum atomic E-state index is 12.3. The first-order valence-electron chi connectivity index (χ1n) is 7.33. The van der Waals surface area contributed by atoms with Crippen LogP contribution in [0.25, 0.3) is 0 Å². The zero-order chi connectivity index (χ0) is 17.7. The molecule has 0 aliphatic rings. The van der Waals surface area contributed by atoms with E-state index in [9.17, 15) is 9.59 Å². The van der Waals surface area contributed by atoms with E-state index in [1.54, 1.807) is 11.4 Å². The Kier molecular flexibility index (Phi) is 6.36. The number of amides is 1. The van der Waals surface area contributed by atoms with Gasteiger partial charge in [-0.25, -0.2) is 4.79 Å². The van der Waals surface area contributed by atoms with Crippen molar-refractivity contribution in [3.05, 3.63) is 51.2 Å². The van der Waals surface area contributed by atoms with E-state index in [0.29, 0.717) is 15.6 Å². The van der Waals surface area contributed by atoms with Gasteiger partial charge in [0.2, 0.25) is 5.91 Å². The SMILES string of the molecule is COC(=O)c1sccc1NC(=O)CN(C)C(C)c1cccc(Cl)c1. The molecule has 1 aromatic heterocycles. The van der Waals surface area contributed by atoms with E-state index < -0.39 is 5.97 Å². The van der Waals surface area contributed by atoms with E-state index in [0.717, 1.165) is 5.56 Å². The van der Waals surface area contributed by atoms with Crippen molar-refractivity contribution in [2.45, 2.75) is 13.0 Å². The van der Waals surface area contributed by atoms with Crippen molar-refractivity contribution in [2.24, 2.45) is 0 Å². The number of ether oxygens (including phenoxy) is 1. The Balaban J connectivity index is 1.99. The van der Waals surface area contributed by atoms with Crippen LogP contribution < -0.4 is 5.32 Å². The molecule has 1 atom stereocenters. The molecule has 0 bridgehead atoms. The van der Waals surface area contributed by atoms with Crippen LogP contribution >= 0.6 is 22.9 Å². The molecule has 0 saturated heterocycles. The van der Waals surface area contributed by atoms with E-state index in [4.69, 9.17) is 16.3 Å². The maximum absolute atomic E-state index is 12.3. The average Bonchev–Trinajstić information content (AvgIpc) is 3.01. The van der Waals surface area contributed by atoms with Gasteiger partial charge in [0, 0.05) is 11.1 Å². The highest BCUT2D eigenvalue weighted by atomic mass is 35.5. The smallest absolute Gasteiger partial charge is 0.350 e. The summed E-state index contributed by atoms with van der Waals surface area (Å²) in [4.78, 5) is 26.2. The number of likely N-dealkylation sites (N-methyl/N-ethyl adjacent to an activating group) is 1. The molecule has 2 rings (SSSR count). The predicted octanol–water partition coefficient (Wildman–Crippen LogP) is 3.82. The quantitative estimate of drug-likeness (QED) is 0.789. The fourth-order valence-corrected chi connectivity index (χ4v) is 3.20. The minimum Gasteiger partial charge on any atom is -0.465 e. The molecular weight excluding hydrogens is 348 g/mol. The fourth-order valence-electron chi connectivity index (χ4n) is 2.23. The van der Waals surface area contributed by atoms with E-state index in [-0.39, 0.29) is 18.5 Å². The second kappa shape index (κ2) is 8.28. The monoisotopic (exact) mass is 366 g/mol. The standard InChI is InChI=1S/C17H19ClN2O3S/c1-11(12-5-4-6-13(18)9-12)20(2)10-15(21)19-14-7-8-24-16(14)17(22)23-3/h4-9,11H,10H2,1-3H3,(H,19,21). The molecule has 0 aliphatic heterocycles. The number of benzene rings is 1. The van der Waals surface area contributed by atoms with Crippen LogP contribution in [0.3, 0.4) is 0 Å². The molecule has 128 valence electrons. The number of esters is 1. The van der Waals surface area contributed by atoms with Gasteiger partial charge in [0.15, 0.2) is 0 Å². The van der Waals surface area contributed by atoms with Crippen LogP contribution in [-0.4, -0.2) is 37.5 Å². The number of thiophene rings is 1. The number of nitrogens with zero attached hydrogens (tertiary/aromatic N) is 1. The molecule has 1 N–H and O–H groups in total. The first-order chi connectivity index (χ1) is 11.4. The van der Waals surface area contributed by atoms with Gasteiger partial charge < -0.3 is 10.1 Å². The molecule has 0 fully saturated rings. The molecule has 2 aromatic rings. The van der Waals surface area contributed by atoms with Crippen LogP contribution in [0.1, 0.15) is 28.2 Å². The molecular formula is C17H19ClN2O3S. The lowest BCUT2D eigenvalue weighted by molar-refractivity contribution is -0.117. The average molecular weight is 367 g/mol. The lowest BCUT2D eigenvalue weighted by Crippen LogP contribution is -2.32. The molecule has 1 amide bonds. The Morgan fingerprint density at radius 3 is 2.79 bits per heavy atom. The molecule has 24 heavy (non-hydrogen) atoms. The summed E-state index contributed by atoms with van der Waals surface area (Å²) >= 11 is 7.24. The van der Waals surface area contributed by atoms with Crippen molar-refractivity contribution in [2.75, 3.05) is 26.0 Å². The summed E-state index contributed by atoms with van der Waals surface area (Å²) in [6.45, 7) is 2.19. The van der Waals surface area contributed by atoms with Gasteiger partial charge in [0.25, 0.3) is 0 Å². The van der Waals surface area contributed by atoms with Crippen LogP contribution in [0, 0.1) is 0 Å². The summed E-state index contributed by atoms with van der Waals surface area (Å²) in [7, 11) is 3.17. The fraction of sp³-hybridized carbons (Fsp3) is 0.294. The van der Waals surface area contributed by atoms with Crippen molar-refractivity contribution >= 4 is 40.5 Å². The van der Waals surface area contributed by atoms with Crippen LogP contribution in [-0.2, 0) is 9.53 Å². The van der Waals surface area contributed by atoms with Gasteiger partial charge in [0.05, 0.1) is 19.3 Å². The van der Waals surface area contributed by atoms with Crippen LogP contribution in [0.15, 0.2) is 35.7 Å². The van der Waals surface area contributed by atoms with Gasteiger partial charge in [-0.3, -0.25) is 9.69 Å². The van der Waals surface area contributed by atoms with Gasteiger partial charge in [-0.15, -0.1) is 11.3 Å². The van der Waals surface area contributed by atoms with Crippen LogP contribution in [0.4, 0.5) is 5.69 Å². The number of halogens is 1.